The molecule has 0 saturated carbocycles. The van der Waals surface area contributed by atoms with Crippen LogP contribution in [0.2, 0.25) is 0 Å². The molecule has 1 heterocycles. The highest BCUT2D eigenvalue weighted by Gasteiger charge is 2.12. The molecule has 76 valence electrons. The van der Waals surface area contributed by atoms with E-state index in [4.69, 9.17) is 9.94 Å². The summed E-state index contributed by atoms with van der Waals surface area (Å²) in [6.45, 7) is 2.07. The first-order valence-corrected chi connectivity index (χ1v) is 5.12. The largest absolute Gasteiger partial charge is 0.462 e. The summed E-state index contributed by atoms with van der Waals surface area (Å²) in [7, 11) is 0. The first kappa shape index (κ1) is 11.1. The van der Waals surface area contributed by atoms with Crippen LogP contribution >= 0.6 is 24.0 Å². The fraction of sp³-hybridized carbons (Fsp3) is 0.250. The Kier molecular flexibility index (Phi) is 3.97. The van der Waals surface area contributed by atoms with Crippen molar-refractivity contribution in [1.82, 2.24) is 0 Å². The number of thiophene rings is 1. The van der Waals surface area contributed by atoms with Crippen molar-refractivity contribution in [2.75, 3.05) is 6.61 Å². The summed E-state index contributed by atoms with van der Waals surface area (Å²) in [5, 5.41) is 11.2. The molecule has 1 N–H and O–H groups in total. The Morgan fingerprint density at radius 3 is 3.14 bits per heavy atom. The monoisotopic (exact) mass is 231 g/mol. The number of carbonyl (C=O) groups excluding carboxylic acids is 1. The van der Waals surface area contributed by atoms with Gasteiger partial charge in [-0.15, -0.1) is 24.0 Å². The van der Waals surface area contributed by atoms with Gasteiger partial charge in [0.1, 0.15) is 4.88 Å². The molecular weight excluding hydrogens is 222 g/mol. The Labute approximate surface area is 90.6 Å². The minimum atomic E-state index is -0.384. The molecule has 0 fully saturated rings. The Balaban J connectivity index is 2.90. The maximum absolute atomic E-state index is 11.3. The van der Waals surface area contributed by atoms with Crippen LogP contribution in [-0.4, -0.2) is 24.0 Å². The number of thiol groups is 1. The molecule has 1 aromatic heterocycles. The molecule has 0 bridgehead atoms. The third-order valence-electron chi connectivity index (χ3n) is 1.41. The van der Waals surface area contributed by atoms with Crippen LogP contribution < -0.4 is 0 Å². The quantitative estimate of drug-likeness (QED) is 0.275. The van der Waals surface area contributed by atoms with E-state index >= 15 is 0 Å². The van der Waals surface area contributed by atoms with Crippen LogP contribution in [0.25, 0.3) is 0 Å². The second-order valence-electron chi connectivity index (χ2n) is 2.34. The van der Waals surface area contributed by atoms with Crippen LogP contribution in [0.15, 0.2) is 15.4 Å². The summed E-state index contributed by atoms with van der Waals surface area (Å²) in [6.07, 6.45) is 1.22. The summed E-state index contributed by atoms with van der Waals surface area (Å²) in [5.74, 6) is -0.384. The third-order valence-corrected chi connectivity index (χ3v) is 2.88. The van der Waals surface area contributed by atoms with E-state index in [9.17, 15) is 4.79 Å². The molecule has 1 rings (SSSR count). The predicted molar refractivity (Wildman–Crippen MR) is 56.9 cm³/mol. The molecule has 0 spiro atoms. The summed E-state index contributed by atoms with van der Waals surface area (Å²) >= 11 is 5.31. The molecule has 0 saturated heterocycles. The van der Waals surface area contributed by atoms with Gasteiger partial charge in [-0.25, -0.2) is 4.79 Å². The summed E-state index contributed by atoms with van der Waals surface area (Å²) in [5.41, 5.74) is 0.601. The molecule has 0 aromatic carbocycles. The number of hydrogen-bond acceptors (Lipinski definition) is 6. The van der Waals surface area contributed by atoms with Crippen LogP contribution in [-0.2, 0) is 4.74 Å². The lowest BCUT2D eigenvalue weighted by atomic mass is 10.3. The van der Waals surface area contributed by atoms with Gasteiger partial charge in [0.25, 0.3) is 0 Å². The second-order valence-corrected chi connectivity index (χ2v) is 4.14. The van der Waals surface area contributed by atoms with Crippen molar-refractivity contribution in [2.24, 2.45) is 5.16 Å². The zero-order valence-electron chi connectivity index (χ0n) is 7.43. The van der Waals surface area contributed by atoms with Crippen LogP contribution in [0.1, 0.15) is 22.2 Å². The van der Waals surface area contributed by atoms with Gasteiger partial charge in [-0.1, -0.05) is 5.16 Å². The summed E-state index contributed by atoms with van der Waals surface area (Å²) < 4.78 is 5.42. The Morgan fingerprint density at radius 2 is 2.57 bits per heavy atom. The molecule has 0 aliphatic carbocycles. The van der Waals surface area contributed by atoms with Gasteiger partial charge in [0, 0.05) is 5.56 Å². The minimum Gasteiger partial charge on any atom is -0.462 e. The Morgan fingerprint density at radius 1 is 1.86 bits per heavy atom. The van der Waals surface area contributed by atoms with E-state index in [0.717, 1.165) is 0 Å². The lowest BCUT2D eigenvalue weighted by molar-refractivity contribution is 0.0532. The highest BCUT2D eigenvalue weighted by molar-refractivity contribution is 7.83. The molecular formula is C8H9NO3S2. The average molecular weight is 231 g/mol. The number of oxime groups is 1. The van der Waals surface area contributed by atoms with Gasteiger partial charge in [-0.2, -0.15) is 0 Å². The van der Waals surface area contributed by atoms with Gasteiger partial charge in [-0.3, -0.25) is 0 Å². The molecule has 0 unspecified atom stereocenters. The van der Waals surface area contributed by atoms with Gasteiger partial charge < -0.3 is 9.94 Å². The molecule has 14 heavy (non-hydrogen) atoms. The number of carbonyl (C=O) groups is 1. The molecule has 6 heteroatoms. The minimum absolute atomic E-state index is 0.335. The van der Waals surface area contributed by atoms with E-state index in [-0.39, 0.29) is 5.97 Å². The molecule has 0 amide bonds. The van der Waals surface area contributed by atoms with Gasteiger partial charge in [0.05, 0.1) is 17.0 Å². The zero-order chi connectivity index (χ0) is 10.6. The topological polar surface area (TPSA) is 58.9 Å². The lowest BCUT2D eigenvalue weighted by Gasteiger charge is -1.95. The van der Waals surface area contributed by atoms with E-state index in [1.807, 2.05) is 0 Å². The van der Waals surface area contributed by atoms with Crippen molar-refractivity contribution in [3.63, 3.8) is 0 Å². The number of rotatable bonds is 3. The molecule has 0 radical (unpaired) electrons. The van der Waals surface area contributed by atoms with E-state index < -0.39 is 0 Å². The lowest BCUT2D eigenvalue weighted by Crippen LogP contribution is -2.01. The third kappa shape index (κ3) is 2.49. The molecule has 0 aliphatic rings. The molecule has 1 aromatic rings. The standard InChI is InChI=1S/C8H9NO3S2/c1-2-12-7(10)6-3-5(4-9-11)8(13)14-6/h3-4,11,13H,2H2,1H3/b9-4+. The zero-order valence-corrected chi connectivity index (χ0v) is 9.14. The van der Waals surface area contributed by atoms with Crippen LogP contribution in [0, 0.1) is 0 Å². The highest BCUT2D eigenvalue weighted by atomic mass is 32.2. The second kappa shape index (κ2) is 5.02. The summed E-state index contributed by atoms with van der Waals surface area (Å²) in [4.78, 5) is 11.7. The van der Waals surface area contributed by atoms with Crippen molar-refractivity contribution in [3.05, 3.63) is 16.5 Å². The number of ether oxygens (including phenoxy) is 1. The average Bonchev–Trinajstić information content (AvgIpc) is 2.49. The van der Waals surface area contributed by atoms with Gasteiger partial charge in [-0.05, 0) is 13.0 Å². The van der Waals surface area contributed by atoms with Crippen molar-refractivity contribution in [1.29, 1.82) is 0 Å². The number of esters is 1. The van der Waals surface area contributed by atoms with E-state index in [1.54, 1.807) is 13.0 Å². The van der Waals surface area contributed by atoms with E-state index in [1.165, 1.54) is 17.6 Å². The van der Waals surface area contributed by atoms with E-state index in [0.29, 0.717) is 21.3 Å². The highest BCUT2D eigenvalue weighted by Crippen LogP contribution is 2.25. The Hall–Kier alpha value is -1.01. The molecule has 0 aliphatic heterocycles. The Bertz CT molecular complexity index is 359. The van der Waals surface area contributed by atoms with Gasteiger partial charge in [0.2, 0.25) is 0 Å². The SMILES string of the molecule is CCOC(=O)c1cc(/C=N/O)c(S)s1. The maximum Gasteiger partial charge on any atom is 0.348 e. The normalized spacial score (nSPS) is 10.7. The number of hydrogen-bond donors (Lipinski definition) is 2. The van der Waals surface area contributed by atoms with E-state index in [2.05, 4.69) is 17.8 Å². The maximum atomic E-state index is 11.3. The van der Waals surface area contributed by atoms with Gasteiger partial charge in [0.15, 0.2) is 0 Å². The van der Waals surface area contributed by atoms with Crippen LogP contribution in [0.4, 0.5) is 0 Å². The first-order chi connectivity index (χ1) is 6.69. The van der Waals surface area contributed by atoms with Crippen LogP contribution in [0.3, 0.4) is 0 Å². The molecule has 0 atom stereocenters. The fourth-order valence-corrected chi connectivity index (χ4v) is 2.04. The fourth-order valence-electron chi connectivity index (χ4n) is 0.853. The molecule has 4 nitrogen and oxygen atoms in total. The first-order valence-electron chi connectivity index (χ1n) is 3.86. The van der Waals surface area contributed by atoms with Crippen molar-refractivity contribution in [2.45, 2.75) is 11.1 Å². The van der Waals surface area contributed by atoms with Crippen molar-refractivity contribution < 1.29 is 14.7 Å². The van der Waals surface area contributed by atoms with Crippen molar-refractivity contribution in [3.8, 4) is 0 Å². The van der Waals surface area contributed by atoms with Gasteiger partial charge >= 0.3 is 5.97 Å². The van der Waals surface area contributed by atoms with Crippen LogP contribution in [0.5, 0.6) is 0 Å². The van der Waals surface area contributed by atoms with Crippen molar-refractivity contribution >= 4 is 36.1 Å². The summed E-state index contributed by atoms with van der Waals surface area (Å²) in [6, 6.07) is 1.57. The smallest absolute Gasteiger partial charge is 0.348 e. The number of nitrogens with zero attached hydrogens (tertiary/aromatic N) is 1. The predicted octanol–water partition coefficient (Wildman–Crippen LogP) is 2.02.